The summed E-state index contributed by atoms with van der Waals surface area (Å²) in [5.74, 6) is 1.36. The van der Waals surface area contributed by atoms with Crippen LogP contribution in [0.5, 0.6) is 0 Å². The summed E-state index contributed by atoms with van der Waals surface area (Å²) in [6.45, 7) is 2.56. The molecule has 168 valence electrons. The lowest BCUT2D eigenvalue weighted by atomic mass is 9.93. The SMILES string of the molecule is O=C(NC1CCCCC1)[C@@H]1CCCN(Cc2nc3ccccc3n2-c2cccc(Br)c2)C1. The first kappa shape index (κ1) is 21.7. The molecule has 2 fully saturated rings. The highest BCUT2D eigenvalue weighted by Gasteiger charge is 2.28. The van der Waals surface area contributed by atoms with Gasteiger partial charge in [0.05, 0.1) is 23.5 Å². The number of piperidine rings is 1. The Morgan fingerprint density at radius 3 is 2.72 bits per heavy atom. The van der Waals surface area contributed by atoms with Crippen molar-refractivity contribution in [1.29, 1.82) is 0 Å². The Morgan fingerprint density at radius 2 is 1.88 bits per heavy atom. The lowest BCUT2D eigenvalue weighted by Crippen LogP contribution is -2.46. The minimum Gasteiger partial charge on any atom is -0.353 e. The maximum absolute atomic E-state index is 13.0. The normalized spacial score (nSPS) is 20.5. The summed E-state index contributed by atoms with van der Waals surface area (Å²) in [4.78, 5) is 20.4. The van der Waals surface area contributed by atoms with Crippen LogP contribution in [0.15, 0.2) is 53.0 Å². The largest absolute Gasteiger partial charge is 0.353 e. The summed E-state index contributed by atoms with van der Waals surface area (Å²) >= 11 is 3.61. The smallest absolute Gasteiger partial charge is 0.224 e. The topological polar surface area (TPSA) is 50.2 Å². The van der Waals surface area contributed by atoms with E-state index in [1.807, 2.05) is 12.1 Å². The Hall–Kier alpha value is -2.18. The minimum atomic E-state index is 0.0781. The molecule has 1 saturated carbocycles. The second-order valence-corrected chi connectivity index (χ2v) is 10.2. The zero-order valence-corrected chi connectivity index (χ0v) is 20.1. The van der Waals surface area contributed by atoms with Gasteiger partial charge in [-0.3, -0.25) is 14.3 Å². The molecule has 5 rings (SSSR count). The summed E-state index contributed by atoms with van der Waals surface area (Å²) in [6.07, 6.45) is 8.11. The van der Waals surface area contributed by atoms with Crippen LogP contribution >= 0.6 is 15.9 Å². The lowest BCUT2D eigenvalue weighted by molar-refractivity contribution is -0.127. The number of nitrogens with zero attached hydrogens (tertiary/aromatic N) is 3. The average molecular weight is 495 g/mol. The van der Waals surface area contributed by atoms with Gasteiger partial charge in [0.15, 0.2) is 0 Å². The van der Waals surface area contributed by atoms with Gasteiger partial charge in [-0.25, -0.2) is 4.98 Å². The summed E-state index contributed by atoms with van der Waals surface area (Å²) < 4.78 is 3.31. The van der Waals surface area contributed by atoms with Crippen LogP contribution in [0.3, 0.4) is 0 Å². The molecule has 5 nitrogen and oxygen atoms in total. The van der Waals surface area contributed by atoms with Crippen LogP contribution in [0.1, 0.15) is 50.8 Å². The van der Waals surface area contributed by atoms with Crippen molar-refractivity contribution in [2.75, 3.05) is 13.1 Å². The summed E-state index contributed by atoms with van der Waals surface area (Å²) in [6, 6.07) is 17.0. The van der Waals surface area contributed by atoms with Crippen LogP contribution < -0.4 is 5.32 Å². The number of rotatable bonds is 5. The van der Waals surface area contributed by atoms with Gasteiger partial charge < -0.3 is 5.32 Å². The number of hydrogen-bond donors (Lipinski definition) is 1. The third-order valence-electron chi connectivity index (χ3n) is 6.89. The van der Waals surface area contributed by atoms with Crippen LogP contribution in [0.4, 0.5) is 0 Å². The molecule has 0 spiro atoms. The number of carbonyl (C=O) groups excluding carboxylic acids is 1. The van der Waals surface area contributed by atoms with E-state index in [-0.39, 0.29) is 11.8 Å². The van der Waals surface area contributed by atoms with Crippen molar-refractivity contribution in [3.05, 3.63) is 58.8 Å². The lowest BCUT2D eigenvalue weighted by Gasteiger charge is -2.33. The zero-order chi connectivity index (χ0) is 21.9. The van der Waals surface area contributed by atoms with Crippen LogP contribution in [0, 0.1) is 5.92 Å². The van der Waals surface area contributed by atoms with Gasteiger partial charge in [0.2, 0.25) is 5.91 Å². The first-order valence-corrected chi connectivity index (χ1v) is 12.7. The fourth-order valence-electron chi connectivity index (χ4n) is 5.26. The molecule has 3 aromatic rings. The van der Waals surface area contributed by atoms with Crippen molar-refractivity contribution in [3.8, 4) is 5.69 Å². The molecule has 6 heteroatoms. The molecule has 2 heterocycles. The Balaban J connectivity index is 1.35. The number of para-hydroxylation sites is 2. The molecule has 1 N–H and O–H groups in total. The van der Waals surface area contributed by atoms with Crippen LogP contribution in [-0.2, 0) is 11.3 Å². The summed E-state index contributed by atoms with van der Waals surface area (Å²) in [7, 11) is 0. The predicted octanol–water partition coefficient (Wildman–Crippen LogP) is 5.45. The molecule has 32 heavy (non-hydrogen) atoms. The highest BCUT2D eigenvalue weighted by molar-refractivity contribution is 9.10. The van der Waals surface area contributed by atoms with E-state index in [0.29, 0.717) is 6.04 Å². The molecule has 1 aliphatic heterocycles. The number of benzene rings is 2. The molecule has 1 aliphatic carbocycles. The molecule has 0 unspecified atom stereocenters. The van der Waals surface area contributed by atoms with Crippen LogP contribution in [0.25, 0.3) is 16.7 Å². The fourth-order valence-corrected chi connectivity index (χ4v) is 5.65. The van der Waals surface area contributed by atoms with Gasteiger partial charge in [-0.15, -0.1) is 0 Å². The Bertz CT molecular complexity index is 1090. The molecule has 0 bridgehead atoms. The van der Waals surface area contributed by atoms with E-state index in [9.17, 15) is 4.79 Å². The number of fused-ring (bicyclic) bond motifs is 1. The molecule has 1 aromatic heterocycles. The molecule has 1 saturated heterocycles. The van der Waals surface area contributed by atoms with Crippen molar-refractivity contribution in [2.45, 2.75) is 57.5 Å². The van der Waals surface area contributed by atoms with E-state index in [4.69, 9.17) is 4.98 Å². The van der Waals surface area contributed by atoms with Crippen molar-refractivity contribution in [3.63, 3.8) is 0 Å². The standard InChI is InChI=1S/C26H31BrN4O/c27-20-9-6-12-22(16-20)31-24-14-5-4-13-23(24)29-25(31)18-30-15-7-8-19(17-30)26(32)28-21-10-2-1-3-11-21/h4-6,9,12-14,16,19,21H,1-3,7-8,10-11,15,17-18H2,(H,28,32)/t19-/m1/s1. The number of hydrogen-bond acceptors (Lipinski definition) is 3. The number of imidazole rings is 1. The van der Waals surface area contributed by atoms with Gasteiger partial charge in [-0.05, 0) is 62.6 Å². The number of nitrogens with one attached hydrogen (secondary N) is 1. The molecular formula is C26H31BrN4O. The van der Waals surface area contributed by atoms with Crippen molar-refractivity contribution in [1.82, 2.24) is 19.8 Å². The van der Waals surface area contributed by atoms with Gasteiger partial charge in [0.25, 0.3) is 0 Å². The molecule has 1 amide bonds. The molecule has 0 radical (unpaired) electrons. The number of likely N-dealkylation sites (tertiary alicyclic amines) is 1. The summed E-state index contributed by atoms with van der Waals surface area (Å²) in [5.41, 5.74) is 3.22. The Labute approximate surface area is 198 Å². The van der Waals surface area contributed by atoms with Crippen LogP contribution in [0.2, 0.25) is 0 Å². The van der Waals surface area contributed by atoms with Crippen molar-refractivity contribution < 1.29 is 4.79 Å². The number of amides is 1. The van der Waals surface area contributed by atoms with E-state index in [0.717, 1.165) is 72.3 Å². The van der Waals surface area contributed by atoms with Gasteiger partial charge in [-0.2, -0.15) is 0 Å². The minimum absolute atomic E-state index is 0.0781. The monoisotopic (exact) mass is 494 g/mol. The van der Waals surface area contributed by atoms with E-state index >= 15 is 0 Å². The third kappa shape index (κ3) is 4.76. The predicted molar refractivity (Wildman–Crippen MR) is 132 cm³/mol. The van der Waals surface area contributed by atoms with Gasteiger partial charge >= 0.3 is 0 Å². The third-order valence-corrected chi connectivity index (χ3v) is 7.38. The van der Waals surface area contributed by atoms with E-state index in [1.54, 1.807) is 0 Å². The number of carbonyl (C=O) groups is 1. The molecule has 2 aliphatic rings. The maximum atomic E-state index is 13.0. The Kier molecular flexibility index (Phi) is 6.60. The van der Waals surface area contributed by atoms with E-state index in [1.165, 1.54) is 19.3 Å². The van der Waals surface area contributed by atoms with Crippen molar-refractivity contribution >= 4 is 32.9 Å². The number of aromatic nitrogens is 2. The second kappa shape index (κ2) is 9.75. The zero-order valence-electron chi connectivity index (χ0n) is 18.5. The first-order chi connectivity index (χ1) is 15.7. The average Bonchev–Trinajstić information content (AvgIpc) is 3.17. The van der Waals surface area contributed by atoms with Gasteiger partial charge in [-0.1, -0.05) is 53.4 Å². The quantitative estimate of drug-likeness (QED) is 0.512. The highest BCUT2D eigenvalue weighted by atomic mass is 79.9. The summed E-state index contributed by atoms with van der Waals surface area (Å²) in [5, 5.41) is 3.35. The second-order valence-electron chi connectivity index (χ2n) is 9.25. The highest BCUT2D eigenvalue weighted by Crippen LogP contribution is 2.26. The van der Waals surface area contributed by atoms with Gasteiger partial charge in [0.1, 0.15) is 5.82 Å². The molecule has 1 atom stereocenters. The maximum Gasteiger partial charge on any atom is 0.224 e. The van der Waals surface area contributed by atoms with Gasteiger partial charge in [0, 0.05) is 22.7 Å². The molecular weight excluding hydrogens is 464 g/mol. The first-order valence-electron chi connectivity index (χ1n) is 11.9. The molecule has 2 aromatic carbocycles. The van der Waals surface area contributed by atoms with E-state index < -0.39 is 0 Å². The number of halogens is 1. The Morgan fingerprint density at radius 1 is 1.03 bits per heavy atom. The fraction of sp³-hybridized carbons (Fsp3) is 0.462. The van der Waals surface area contributed by atoms with E-state index in [2.05, 4.69) is 67.1 Å². The van der Waals surface area contributed by atoms with Crippen LogP contribution in [-0.4, -0.2) is 39.5 Å². The van der Waals surface area contributed by atoms with Crippen molar-refractivity contribution in [2.24, 2.45) is 5.92 Å².